The maximum Gasteiger partial charge on any atom is 0.343 e. The molecule has 0 spiro atoms. The van der Waals surface area contributed by atoms with E-state index in [-0.39, 0.29) is 22.6 Å². The zero-order chi connectivity index (χ0) is 14.0. The van der Waals surface area contributed by atoms with Crippen molar-refractivity contribution >= 4 is 5.97 Å². The number of phenols is 2. The van der Waals surface area contributed by atoms with Crippen molar-refractivity contribution in [1.29, 1.82) is 0 Å². The van der Waals surface area contributed by atoms with Crippen molar-refractivity contribution in [2.24, 2.45) is 0 Å². The summed E-state index contributed by atoms with van der Waals surface area (Å²) in [6.45, 7) is 2.01. The Bertz CT molecular complexity index is 521. The van der Waals surface area contributed by atoms with Gasteiger partial charge < -0.3 is 20.1 Å². The minimum absolute atomic E-state index is 0.0161. The molecule has 0 saturated carbocycles. The predicted molar refractivity (Wildman–Crippen MR) is 68.0 cm³/mol. The van der Waals surface area contributed by atoms with E-state index in [0.29, 0.717) is 0 Å². The van der Waals surface area contributed by atoms with Crippen LogP contribution in [0.1, 0.15) is 41.8 Å². The lowest BCUT2D eigenvalue weighted by Gasteiger charge is -2.28. The molecule has 2 rings (SSSR count). The molecule has 3 N–H and O–H groups in total. The number of aromatic hydroxyl groups is 2. The molecule has 0 radical (unpaired) electrons. The van der Waals surface area contributed by atoms with Crippen LogP contribution in [0.4, 0.5) is 0 Å². The number of allylic oxidation sites excluding steroid dienone is 1. The van der Waals surface area contributed by atoms with Crippen molar-refractivity contribution in [2.45, 2.75) is 32.0 Å². The Labute approximate surface area is 110 Å². The second-order valence-corrected chi connectivity index (χ2v) is 4.42. The Hall–Kier alpha value is -2.01. The number of hydrogen-bond donors (Lipinski definition) is 3. The first kappa shape index (κ1) is 13.4. The fraction of sp³-hybridized carbons (Fsp3) is 0.357. The Morgan fingerprint density at radius 2 is 2.00 bits per heavy atom. The van der Waals surface area contributed by atoms with E-state index in [1.165, 1.54) is 12.1 Å². The molecule has 5 heteroatoms. The number of benzene rings is 1. The Morgan fingerprint density at radius 3 is 2.68 bits per heavy atom. The third kappa shape index (κ3) is 2.42. The van der Waals surface area contributed by atoms with Gasteiger partial charge in [-0.2, -0.15) is 0 Å². The highest BCUT2D eigenvalue weighted by molar-refractivity contribution is 5.96. The number of phenolic OH excluding ortho intramolecular Hbond substituents is 2. The number of aliphatic hydroxyl groups excluding tert-OH is 1. The van der Waals surface area contributed by atoms with Gasteiger partial charge in [-0.3, -0.25) is 0 Å². The maximum atomic E-state index is 11.8. The fourth-order valence-electron chi connectivity index (χ4n) is 2.06. The topological polar surface area (TPSA) is 87.0 Å². The van der Waals surface area contributed by atoms with Gasteiger partial charge in [-0.05, 0) is 24.6 Å². The molecule has 1 aromatic carbocycles. The number of cyclic esters (lactones) is 1. The maximum absolute atomic E-state index is 11.8. The van der Waals surface area contributed by atoms with Gasteiger partial charge in [0.1, 0.15) is 23.2 Å². The molecule has 19 heavy (non-hydrogen) atoms. The number of carbonyl (C=O) groups excluding carboxylic acids is 1. The molecule has 2 atom stereocenters. The summed E-state index contributed by atoms with van der Waals surface area (Å²) in [5.41, 5.74) is -0.157. The van der Waals surface area contributed by atoms with Gasteiger partial charge in [0.2, 0.25) is 0 Å². The highest BCUT2D eigenvalue weighted by Crippen LogP contribution is 2.40. The molecule has 1 aromatic rings. The van der Waals surface area contributed by atoms with Crippen LogP contribution in [0.15, 0.2) is 24.3 Å². The molecule has 0 saturated heterocycles. The molecule has 1 aliphatic rings. The minimum Gasteiger partial charge on any atom is -0.508 e. The van der Waals surface area contributed by atoms with Gasteiger partial charge in [-0.1, -0.05) is 19.4 Å². The summed E-state index contributed by atoms with van der Waals surface area (Å²) < 4.78 is 5.06. The number of esters is 1. The van der Waals surface area contributed by atoms with Crippen molar-refractivity contribution < 1.29 is 24.9 Å². The van der Waals surface area contributed by atoms with Crippen molar-refractivity contribution in [2.75, 3.05) is 0 Å². The molecule has 2 unspecified atom stereocenters. The first-order chi connectivity index (χ1) is 9.06. The molecule has 1 aliphatic heterocycles. The van der Waals surface area contributed by atoms with Crippen molar-refractivity contribution in [3.8, 4) is 11.5 Å². The molecule has 5 nitrogen and oxygen atoms in total. The standard InChI is InChI=1S/C14H16O5/c1-2-3-4-5-10-13(17)11-8(15)6-7-9(16)12(11)14(18)19-10/h4-7,10,13,15-17H,2-3H2,1H3/b5-4-. The molecule has 102 valence electrons. The predicted octanol–water partition coefficient (Wildman–Crippen LogP) is 2.03. The van der Waals surface area contributed by atoms with E-state index in [1.807, 2.05) is 13.0 Å². The smallest absolute Gasteiger partial charge is 0.343 e. The molecule has 0 aliphatic carbocycles. The summed E-state index contributed by atoms with van der Waals surface area (Å²) in [5.74, 6) is -1.29. The molecule has 0 amide bonds. The van der Waals surface area contributed by atoms with Gasteiger partial charge in [0.05, 0.1) is 0 Å². The fourth-order valence-corrected chi connectivity index (χ4v) is 2.06. The normalized spacial score (nSPS) is 22.3. The lowest BCUT2D eigenvalue weighted by molar-refractivity contribution is -0.0115. The third-order valence-corrected chi connectivity index (χ3v) is 3.04. The highest BCUT2D eigenvalue weighted by atomic mass is 16.6. The van der Waals surface area contributed by atoms with Crippen LogP contribution in [-0.4, -0.2) is 27.4 Å². The van der Waals surface area contributed by atoms with Crippen LogP contribution >= 0.6 is 0 Å². The zero-order valence-electron chi connectivity index (χ0n) is 10.5. The largest absolute Gasteiger partial charge is 0.508 e. The van der Waals surface area contributed by atoms with Gasteiger partial charge >= 0.3 is 5.97 Å². The van der Waals surface area contributed by atoms with Crippen LogP contribution < -0.4 is 0 Å². The first-order valence-electron chi connectivity index (χ1n) is 6.16. The van der Waals surface area contributed by atoms with E-state index in [9.17, 15) is 20.1 Å². The SMILES string of the molecule is CCC/C=C\C1OC(=O)c2c(O)ccc(O)c2C1O. The summed E-state index contributed by atoms with van der Waals surface area (Å²) in [4.78, 5) is 11.8. The number of hydrogen-bond acceptors (Lipinski definition) is 5. The van der Waals surface area contributed by atoms with E-state index in [2.05, 4.69) is 0 Å². The summed E-state index contributed by atoms with van der Waals surface area (Å²) in [6, 6.07) is 2.43. The summed E-state index contributed by atoms with van der Waals surface area (Å²) in [5, 5.41) is 29.5. The van der Waals surface area contributed by atoms with Gasteiger partial charge in [0.25, 0.3) is 0 Å². The first-order valence-corrected chi connectivity index (χ1v) is 6.16. The minimum atomic E-state index is -1.19. The number of unbranched alkanes of at least 4 members (excludes halogenated alkanes) is 1. The van der Waals surface area contributed by atoms with Crippen LogP contribution in [0.3, 0.4) is 0 Å². The zero-order valence-corrected chi connectivity index (χ0v) is 10.5. The monoisotopic (exact) mass is 264 g/mol. The Balaban J connectivity index is 2.40. The molecule has 0 fully saturated rings. The summed E-state index contributed by atoms with van der Waals surface area (Å²) >= 11 is 0. The van der Waals surface area contributed by atoms with E-state index in [0.717, 1.165) is 12.8 Å². The van der Waals surface area contributed by atoms with Gasteiger partial charge in [-0.15, -0.1) is 0 Å². The van der Waals surface area contributed by atoms with Crippen molar-refractivity contribution in [3.05, 3.63) is 35.4 Å². The second kappa shape index (κ2) is 5.32. The van der Waals surface area contributed by atoms with Crippen molar-refractivity contribution in [1.82, 2.24) is 0 Å². The third-order valence-electron chi connectivity index (χ3n) is 3.04. The average Bonchev–Trinajstić information content (AvgIpc) is 2.38. The number of ether oxygens (including phenoxy) is 1. The number of carbonyl (C=O) groups is 1. The number of aliphatic hydroxyl groups is 1. The van der Waals surface area contributed by atoms with Gasteiger partial charge in [0, 0.05) is 5.56 Å². The molecule has 0 bridgehead atoms. The summed E-state index contributed by atoms with van der Waals surface area (Å²) in [6.07, 6.45) is 3.12. The lowest BCUT2D eigenvalue weighted by atomic mass is 9.93. The van der Waals surface area contributed by atoms with E-state index >= 15 is 0 Å². The van der Waals surface area contributed by atoms with Crippen LogP contribution in [-0.2, 0) is 4.74 Å². The molecular formula is C14H16O5. The van der Waals surface area contributed by atoms with Crippen LogP contribution in [0.5, 0.6) is 11.5 Å². The van der Waals surface area contributed by atoms with E-state index in [1.54, 1.807) is 6.08 Å². The van der Waals surface area contributed by atoms with E-state index < -0.39 is 18.2 Å². The lowest BCUT2D eigenvalue weighted by Crippen LogP contribution is -2.31. The summed E-state index contributed by atoms with van der Waals surface area (Å²) in [7, 11) is 0. The van der Waals surface area contributed by atoms with Crippen molar-refractivity contribution in [3.63, 3.8) is 0 Å². The second-order valence-electron chi connectivity index (χ2n) is 4.42. The number of rotatable bonds is 3. The quantitative estimate of drug-likeness (QED) is 0.441. The van der Waals surface area contributed by atoms with Gasteiger partial charge in [0.15, 0.2) is 6.10 Å². The van der Waals surface area contributed by atoms with E-state index in [4.69, 9.17) is 4.74 Å². The highest BCUT2D eigenvalue weighted by Gasteiger charge is 2.37. The van der Waals surface area contributed by atoms with Crippen LogP contribution in [0.2, 0.25) is 0 Å². The molecule has 1 heterocycles. The molecule has 0 aromatic heterocycles. The van der Waals surface area contributed by atoms with Gasteiger partial charge in [-0.25, -0.2) is 4.79 Å². The van der Waals surface area contributed by atoms with Crippen LogP contribution in [0, 0.1) is 0 Å². The number of fused-ring (bicyclic) bond motifs is 1. The molecular weight excluding hydrogens is 248 g/mol. The Kier molecular flexibility index (Phi) is 3.76. The average molecular weight is 264 g/mol. The van der Waals surface area contributed by atoms with Crippen LogP contribution in [0.25, 0.3) is 0 Å². The Morgan fingerprint density at radius 1 is 1.32 bits per heavy atom.